The van der Waals surface area contributed by atoms with E-state index in [1.54, 1.807) is 0 Å². The Labute approximate surface area is 131 Å². The lowest BCUT2D eigenvalue weighted by molar-refractivity contribution is -0.0329. The van der Waals surface area contributed by atoms with E-state index in [1.807, 2.05) is 0 Å². The van der Waals surface area contributed by atoms with E-state index in [4.69, 9.17) is 0 Å². The van der Waals surface area contributed by atoms with E-state index in [2.05, 4.69) is 33.0 Å². The topological polar surface area (TPSA) is 12.0 Å². The average Bonchev–Trinajstić information content (AvgIpc) is 2.29. The first-order chi connectivity index (χ1) is 9.59. The molecule has 0 amide bonds. The van der Waals surface area contributed by atoms with Crippen molar-refractivity contribution in [3.63, 3.8) is 0 Å². The maximum atomic E-state index is 12.3. The van der Waals surface area contributed by atoms with Crippen molar-refractivity contribution < 1.29 is 13.2 Å². The lowest BCUT2D eigenvalue weighted by atomic mass is 9.66. The van der Waals surface area contributed by atoms with Crippen molar-refractivity contribution in [3.8, 4) is 0 Å². The van der Waals surface area contributed by atoms with Gasteiger partial charge in [0.1, 0.15) is 0 Å². The summed E-state index contributed by atoms with van der Waals surface area (Å²) in [5, 5.41) is 3.49. The predicted octanol–water partition coefficient (Wildman–Crippen LogP) is 5.32. The number of hydrogen-bond acceptors (Lipinski definition) is 2. The van der Waals surface area contributed by atoms with E-state index < -0.39 is 5.51 Å². The molecule has 0 spiro atoms. The molecule has 21 heavy (non-hydrogen) atoms. The second-order valence-corrected chi connectivity index (χ2v) is 8.72. The fourth-order valence-corrected chi connectivity index (χ4v) is 3.93. The molecule has 1 N–H and O–H groups in total. The van der Waals surface area contributed by atoms with Crippen molar-refractivity contribution >= 4 is 11.8 Å². The van der Waals surface area contributed by atoms with Crippen LogP contribution in [-0.2, 0) is 0 Å². The van der Waals surface area contributed by atoms with E-state index in [0.717, 1.165) is 25.9 Å². The number of rotatable bonds is 7. The highest BCUT2D eigenvalue weighted by Gasteiger charge is 2.35. The summed E-state index contributed by atoms with van der Waals surface area (Å²) in [5.74, 6) is 1.77. The Morgan fingerprint density at radius 1 is 1.24 bits per heavy atom. The minimum Gasteiger partial charge on any atom is -0.316 e. The molecule has 0 aromatic heterocycles. The van der Waals surface area contributed by atoms with Crippen LogP contribution in [-0.4, -0.2) is 24.4 Å². The summed E-state index contributed by atoms with van der Waals surface area (Å²) >= 11 is 0.138. The summed E-state index contributed by atoms with van der Waals surface area (Å²) < 4.78 is 36.9. The van der Waals surface area contributed by atoms with Gasteiger partial charge in [0, 0.05) is 5.75 Å². The van der Waals surface area contributed by atoms with E-state index in [1.165, 1.54) is 6.42 Å². The lowest BCUT2D eigenvalue weighted by Gasteiger charge is -2.41. The molecule has 0 aromatic rings. The Kier molecular flexibility index (Phi) is 7.38. The van der Waals surface area contributed by atoms with Crippen LogP contribution in [0.4, 0.5) is 13.2 Å². The third-order valence-corrected chi connectivity index (χ3v) is 5.15. The molecule has 5 heteroatoms. The van der Waals surface area contributed by atoms with Crippen LogP contribution in [0, 0.1) is 23.2 Å². The second-order valence-electron chi connectivity index (χ2n) is 7.56. The summed E-state index contributed by atoms with van der Waals surface area (Å²) in [6, 6.07) is 0. The molecule has 2 atom stereocenters. The highest BCUT2D eigenvalue weighted by molar-refractivity contribution is 8.00. The quantitative estimate of drug-likeness (QED) is 0.680. The predicted molar refractivity (Wildman–Crippen MR) is 85.4 cm³/mol. The van der Waals surface area contributed by atoms with Gasteiger partial charge in [-0.2, -0.15) is 13.2 Å². The van der Waals surface area contributed by atoms with E-state index in [9.17, 15) is 13.2 Å². The van der Waals surface area contributed by atoms with Gasteiger partial charge in [-0.15, -0.1) is 0 Å². The third kappa shape index (κ3) is 8.34. The maximum absolute atomic E-state index is 12.3. The van der Waals surface area contributed by atoms with Gasteiger partial charge in [0.05, 0.1) is 0 Å². The molecule has 0 radical (unpaired) electrons. The zero-order valence-corrected chi connectivity index (χ0v) is 14.5. The highest BCUT2D eigenvalue weighted by Crippen LogP contribution is 2.44. The molecule has 1 saturated carbocycles. The number of thioether (sulfide) groups is 1. The summed E-state index contributed by atoms with van der Waals surface area (Å²) in [5.41, 5.74) is -3.81. The molecule has 1 fully saturated rings. The third-order valence-electron chi connectivity index (χ3n) is 4.39. The minimum atomic E-state index is -4.09. The van der Waals surface area contributed by atoms with Gasteiger partial charge in [-0.3, -0.25) is 0 Å². The number of hydrogen-bond donors (Lipinski definition) is 1. The summed E-state index contributed by atoms with van der Waals surface area (Å²) in [4.78, 5) is 0. The van der Waals surface area contributed by atoms with Crippen LogP contribution >= 0.6 is 11.8 Å². The van der Waals surface area contributed by atoms with E-state index >= 15 is 0 Å². The monoisotopic (exact) mass is 325 g/mol. The molecule has 0 bridgehead atoms. The van der Waals surface area contributed by atoms with Crippen LogP contribution < -0.4 is 5.32 Å². The summed E-state index contributed by atoms with van der Waals surface area (Å²) in [6.45, 7) is 10.8. The van der Waals surface area contributed by atoms with Crippen molar-refractivity contribution in [2.45, 2.75) is 58.9 Å². The number of nitrogens with one attached hydrogen (secondary N) is 1. The molecule has 0 aromatic carbocycles. The molecular formula is C16H30F3NS. The first-order valence-corrected chi connectivity index (χ1v) is 8.99. The smallest absolute Gasteiger partial charge is 0.316 e. The van der Waals surface area contributed by atoms with E-state index in [0.29, 0.717) is 24.2 Å². The zero-order valence-electron chi connectivity index (χ0n) is 13.7. The van der Waals surface area contributed by atoms with Gasteiger partial charge in [0.15, 0.2) is 0 Å². The largest absolute Gasteiger partial charge is 0.441 e. The first kappa shape index (κ1) is 19.1. The Balaban J connectivity index is 2.46. The molecule has 1 rings (SSSR count). The van der Waals surface area contributed by atoms with Crippen LogP contribution in [0.1, 0.15) is 53.4 Å². The fraction of sp³-hybridized carbons (Fsp3) is 1.00. The van der Waals surface area contributed by atoms with Gasteiger partial charge in [-0.25, -0.2) is 0 Å². The van der Waals surface area contributed by atoms with Crippen molar-refractivity contribution in [2.75, 3.05) is 18.8 Å². The molecule has 0 heterocycles. The summed E-state index contributed by atoms with van der Waals surface area (Å²) in [6.07, 6.45) is 4.06. The Bertz CT molecular complexity index is 302. The van der Waals surface area contributed by atoms with Gasteiger partial charge in [-0.05, 0) is 61.9 Å². The van der Waals surface area contributed by atoms with Gasteiger partial charge in [0.25, 0.3) is 0 Å². The zero-order chi connectivity index (χ0) is 16.1. The highest BCUT2D eigenvalue weighted by atomic mass is 32.2. The molecule has 1 nitrogen and oxygen atoms in total. The fourth-order valence-electron chi connectivity index (χ4n) is 3.28. The minimum absolute atomic E-state index is 0.138. The molecule has 126 valence electrons. The van der Waals surface area contributed by atoms with E-state index in [-0.39, 0.29) is 22.9 Å². The normalized spacial score (nSPS) is 26.3. The van der Waals surface area contributed by atoms with Crippen molar-refractivity contribution in [1.29, 1.82) is 0 Å². The van der Waals surface area contributed by atoms with Crippen molar-refractivity contribution in [1.82, 2.24) is 5.32 Å². The summed E-state index contributed by atoms with van der Waals surface area (Å²) in [7, 11) is 0. The Morgan fingerprint density at radius 3 is 2.48 bits per heavy atom. The Morgan fingerprint density at radius 2 is 1.90 bits per heavy atom. The maximum Gasteiger partial charge on any atom is 0.441 e. The molecule has 1 aliphatic rings. The van der Waals surface area contributed by atoms with Crippen molar-refractivity contribution in [3.05, 3.63) is 0 Å². The van der Waals surface area contributed by atoms with Crippen LogP contribution in [0.3, 0.4) is 0 Å². The second kappa shape index (κ2) is 8.09. The van der Waals surface area contributed by atoms with Gasteiger partial charge >= 0.3 is 5.51 Å². The number of alkyl halides is 3. The SMILES string of the molecule is CC(C)CNCC1CCC(C)(C)CC1CCSC(F)(F)F. The van der Waals surface area contributed by atoms with Gasteiger partial charge < -0.3 is 5.32 Å². The lowest BCUT2D eigenvalue weighted by Crippen LogP contribution is -2.37. The van der Waals surface area contributed by atoms with Crippen LogP contribution in [0.5, 0.6) is 0 Å². The standard InChI is InChI=1S/C16H30F3NS/c1-12(2)10-20-11-14-5-7-15(3,4)9-13(14)6-8-21-16(17,18)19/h12-14,20H,5-11H2,1-4H3. The average molecular weight is 325 g/mol. The Hall–Kier alpha value is 0.100. The first-order valence-electron chi connectivity index (χ1n) is 8.00. The number of halogens is 3. The molecule has 1 aliphatic carbocycles. The van der Waals surface area contributed by atoms with Crippen LogP contribution in [0.2, 0.25) is 0 Å². The van der Waals surface area contributed by atoms with Gasteiger partial charge in [-0.1, -0.05) is 39.5 Å². The molecule has 2 unspecified atom stereocenters. The van der Waals surface area contributed by atoms with Crippen molar-refractivity contribution in [2.24, 2.45) is 23.2 Å². The molecule has 0 aliphatic heterocycles. The molecular weight excluding hydrogens is 295 g/mol. The van der Waals surface area contributed by atoms with Gasteiger partial charge in [0.2, 0.25) is 0 Å². The van der Waals surface area contributed by atoms with Crippen LogP contribution in [0.15, 0.2) is 0 Å². The molecule has 0 saturated heterocycles. The van der Waals surface area contributed by atoms with Crippen LogP contribution in [0.25, 0.3) is 0 Å².